The number of nitrogens with two attached hydrogens (primary N) is 1. The van der Waals surface area contributed by atoms with Crippen LogP contribution in [0.4, 0.5) is 4.39 Å². The highest BCUT2D eigenvalue weighted by Gasteiger charge is 2.29. The Labute approximate surface area is 195 Å². The van der Waals surface area contributed by atoms with E-state index in [1.807, 2.05) is 42.6 Å². The van der Waals surface area contributed by atoms with E-state index in [0.29, 0.717) is 18.5 Å². The van der Waals surface area contributed by atoms with Gasteiger partial charge in [0.05, 0.1) is 17.6 Å². The van der Waals surface area contributed by atoms with Crippen LogP contribution in [0.25, 0.3) is 11.5 Å². The second-order valence-corrected chi connectivity index (χ2v) is 9.17. The van der Waals surface area contributed by atoms with Crippen molar-refractivity contribution >= 4 is 17.2 Å². The number of carbonyl (C=O) groups excluding carboxylic acids is 1. The number of aromatic nitrogens is 3. The van der Waals surface area contributed by atoms with Crippen LogP contribution in [0.3, 0.4) is 0 Å². The highest BCUT2D eigenvalue weighted by molar-refractivity contribution is 7.09. The maximum atomic E-state index is 14.6. The molecule has 170 valence electrons. The number of hydrogen-bond acceptors (Lipinski definition) is 7. The van der Waals surface area contributed by atoms with Crippen molar-refractivity contribution in [3.63, 3.8) is 0 Å². The van der Waals surface area contributed by atoms with Gasteiger partial charge in [-0.25, -0.2) is 9.37 Å². The fourth-order valence-corrected chi connectivity index (χ4v) is 4.28. The summed E-state index contributed by atoms with van der Waals surface area (Å²) in [5.41, 5.74) is 7.77. The smallest absolute Gasteiger partial charge is 0.254 e. The van der Waals surface area contributed by atoms with Gasteiger partial charge < -0.3 is 15.1 Å². The lowest BCUT2D eigenvalue weighted by Gasteiger charge is -2.20. The van der Waals surface area contributed by atoms with E-state index in [4.69, 9.17) is 10.2 Å². The second-order valence-electron chi connectivity index (χ2n) is 8.23. The Kier molecular flexibility index (Phi) is 6.35. The van der Waals surface area contributed by atoms with E-state index in [2.05, 4.69) is 15.2 Å². The molecule has 1 atom stereocenters. The van der Waals surface area contributed by atoms with Crippen molar-refractivity contribution in [3.05, 3.63) is 87.4 Å². The summed E-state index contributed by atoms with van der Waals surface area (Å²) in [5.74, 6) is -0.674. The number of halogens is 1. The maximum Gasteiger partial charge on any atom is 0.254 e. The summed E-state index contributed by atoms with van der Waals surface area (Å²) >= 11 is 1.49. The molecule has 9 heteroatoms. The Morgan fingerprint density at radius 1 is 1.21 bits per heavy atom. The lowest BCUT2D eigenvalue weighted by atomic mass is 9.94. The van der Waals surface area contributed by atoms with E-state index in [1.165, 1.54) is 34.4 Å². The van der Waals surface area contributed by atoms with Crippen LogP contribution in [0.5, 0.6) is 0 Å². The summed E-state index contributed by atoms with van der Waals surface area (Å²) in [6, 6.07) is 13.8. The minimum absolute atomic E-state index is 0.0277. The van der Waals surface area contributed by atoms with Crippen LogP contribution in [-0.2, 0) is 18.5 Å². The van der Waals surface area contributed by atoms with Gasteiger partial charge in [-0.3, -0.25) is 4.79 Å². The third kappa shape index (κ3) is 5.15. The third-order valence-electron chi connectivity index (χ3n) is 5.16. The molecule has 2 heterocycles. The summed E-state index contributed by atoms with van der Waals surface area (Å²) in [4.78, 5) is 18.8. The number of rotatable bonds is 7. The molecule has 0 aliphatic heterocycles. The molecule has 4 aromatic rings. The summed E-state index contributed by atoms with van der Waals surface area (Å²) in [5, 5.41) is 10.8. The van der Waals surface area contributed by atoms with Gasteiger partial charge in [0.2, 0.25) is 5.89 Å². The zero-order chi connectivity index (χ0) is 23.6. The maximum absolute atomic E-state index is 14.6. The number of aryl methyl sites for hydroxylation is 1. The molecule has 0 aliphatic rings. The van der Waals surface area contributed by atoms with E-state index in [0.717, 1.165) is 16.3 Å². The molecule has 33 heavy (non-hydrogen) atoms. The van der Waals surface area contributed by atoms with Crippen molar-refractivity contribution in [3.8, 4) is 11.5 Å². The van der Waals surface area contributed by atoms with E-state index in [-0.39, 0.29) is 23.3 Å². The predicted octanol–water partition coefficient (Wildman–Crippen LogP) is 4.33. The number of nitrogens with zero attached hydrogens (tertiary/aromatic N) is 4. The van der Waals surface area contributed by atoms with Gasteiger partial charge in [0, 0.05) is 23.7 Å². The van der Waals surface area contributed by atoms with E-state index >= 15 is 0 Å². The lowest BCUT2D eigenvalue weighted by Crippen LogP contribution is -2.35. The average molecular weight is 466 g/mol. The Bertz CT molecular complexity index is 1270. The fraction of sp³-hybridized carbons (Fsp3) is 0.250. The highest BCUT2D eigenvalue weighted by atomic mass is 32.1. The normalized spacial score (nSPS) is 13.0. The van der Waals surface area contributed by atoms with Crippen molar-refractivity contribution in [2.45, 2.75) is 32.4 Å². The minimum Gasteiger partial charge on any atom is -0.419 e. The van der Waals surface area contributed by atoms with Gasteiger partial charge in [0.15, 0.2) is 0 Å². The van der Waals surface area contributed by atoms with Crippen molar-refractivity contribution in [2.75, 3.05) is 7.05 Å². The van der Waals surface area contributed by atoms with Crippen LogP contribution in [0.2, 0.25) is 0 Å². The van der Waals surface area contributed by atoms with Crippen LogP contribution in [0.15, 0.2) is 58.3 Å². The van der Waals surface area contributed by atoms with Crippen molar-refractivity contribution < 1.29 is 13.6 Å². The average Bonchev–Trinajstić information content (AvgIpc) is 3.44. The Hall–Kier alpha value is -3.43. The first-order valence-electron chi connectivity index (χ1n) is 10.4. The molecular weight excluding hydrogens is 441 g/mol. The van der Waals surface area contributed by atoms with Gasteiger partial charge in [0.25, 0.3) is 11.8 Å². The van der Waals surface area contributed by atoms with E-state index in [1.54, 1.807) is 14.0 Å². The van der Waals surface area contributed by atoms with Gasteiger partial charge in [-0.15, -0.1) is 21.5 Å². The number of amides is 1. The molecule has 0 radical (unpaired) electrons. The number of hydrogen-bond donors (Lipinski definition) is 1. The molecule has 0 fully saturated rings. The van der Waals surface area contributed by atoms with E-state index < -0.39 is 11.4 Å². The first-order valence-corrected chi connectivity index (χ1v) is 11.2. The fourth-order valence-electron chi connectivity index (χ4n) is 3.45. The number of carbonyl (C=O) groups is 1. The quantitative estimate of drug-likeness (QED) is 0.436. The highest BCUT2D eigenvalue weighted by Crippen LogP contribution is 2.28. The molecular formula is C24H24FN5O2S. The molecule has 2 aromatic carbocycles. The first-order chi connectivity index (χ1) is 15.7. The molecule has 2 aromatic heterocycles. The van der Waals surface area contributed by atoms with Crippen LogP contribution in [-0.4, -0.2) is 33.0 Å². The SMILES string of the molecule is Cc1csc(CN(C)C(=O)c2ccc(F)c(-c3nnc([C@](C)(N)Cc4ccccc4)o3)c2)n1. The Balaban J connectivity index is 1.55. The topological polar surface area (TPSA) is 98.1 Å². The summed E-state index contributed by atoms with van der Waals surface area (Å²) in [6.45, 7) is 4.04. The molecule has 0 spiro atoms. The monoisotopic (exact) mass is 465 g/mol. The largest absolute Gasteiger partial charge is 0.419 e. The van der Waals surface area contributed by atoms with Crippen LogP contribution >= 0.6 is 11.3 Å². The summed E-state index contributed by atoms with van der Waals surface area (Å²) < 4.78 is 20.4. The van der Waals surface area contributed by atoms with Crippen LogP contribution in [0.1, 0.15) is 39.4 Å². The Morgan fingerprint density at radius 3 is 2.67 bits per heavy atom. The van der Waals surface area contributed by atoms with Crippen molar-refractivity contribution in [2.24, 2.45) is 5.73 Å². The van der Waals surface area contributed by atoms with Gasteiger partial charge in [-0.05, 0) is 44.0 Å². The molecule has 2 N–H and O–H groups in total. The van der Waals surface area contributed by atoms with Gasteiger partial charge in [-0.1, -0.05) is 30.3 Å². The van der Waals surface area contributed by atoms with Crippen molar-refractivity contribution in [1.29, 1.82) is 0 Å². The van der Waals surface area contributed by atoms with Gasteiger partial charge in [0.1, 0.15) is 10.8 Å². The van der Waals surface area contributed by atoms with Gasteiger partial charge in [-0.2, -0.15) is 0 Å². The zero-order valence-electron chi connectivity index (χ0n) is 18.6. The molecule has 0 aliphatic carbocycles. The Morgan fingerprint density at radius 2 is 1.97 bits per heavy atom. The molecule has 0 saturated carbocycles. The second kappa shape index (κ2) is 9.21. The van der Waals surface area contributed by atoms with Crippen molar-refractivity contribution in [1.82, 2.24) is 20.1 Å². The lowest BCUT2D eigenvalue weighted by molar-refractivity contribution is 0.0785. The minimum atomic E-state index is -0.942. The molecule has 0 unspecified atom stereocenters. The van der Waals surface area contributed by atoms with Gasteiger partial charge >= 0.3 is 0 Å². The predicted molar refractivity (Wildman–Crippen MR) is 124 cm³/mol. The van der Waals surface area contributed by atoms with Crippen LogP contribution < -0.4 is 5.73 Å². The molecule has 0 saturated heterocycles. The molecule has 7 nitrogen and oxygen atoms in total. The molecule has 0 bridgehead atoms. The zero-order valence-corrected chi connectivity index (χ0v) is 19.4. The first kappa shape index (κ1) is 22.8. The number of benzene rings is 2. The summed E-state index contributed by atoms with van der Waals surface area (Å²) in [7, 11) is 1.68. The molecule has 1 amide bonds. The summed E-state index contributed by atoms with van der Waals surface area (Å²) in [6.07, 6.45) is 0.470. The molecule has 4 rings (SSSR count). The standard InChI is InChI=1S/C24H24FN5O2S/c1-15-14-33-20(27-15)13-30(3)22(31)17-9-10-19(25)18(11-17)21-28-29-23(32-21)24(2,26)12-16-7-5-4-6-8-16/h4-11,14H,12-13,26H2,1-3H3/t24-/m1/s1. The third-order valence-corrected chi connectivity index (χ3v) is 6.11. The van der Waals surface area contributed by atoms with Crippen LogP contribution in [0, 0.1) is 12.7 Å². The van der Waals surface area contributed by atoms with E-state index in [9.17, 15) is 9.18 Å². The number of thiazole rings is 1.